The second-order valence-corrected chi connectivity index (χ2v) is 4.45. The molecule has 0 radical (unpaired) electrons. The molecule has 0 saturated heterocycles. The second-order valence-electron chi connectivity index (χ2n) is 4.45. The lowest BCUT2D eigenvalue weighted by Gasteiger charge is -2.12. The van der Waals surface area contributed by atoms with Crippen LogP contribution in [0.2, 0.25) is 0 Å². The molecule has 0 heterocycles. The zero-order valence-corrected chi connectivity index (χ0v) is 11.4. The smallest absolute Gasteiger partial charge is 0.336 e. The summed E-state index contributed by atoms with van der Waals surface area (Å²) in [4.78, 5) is 11.3. The molecule has 4 nitrogen and oxygen atoms in total. The fourth-order valence-electron chi connectivity index (χ4n) is 2.20. The van der Waals surface area contributed by atoms with Crippen LogP contribution in [-0.4, -0.2) is 22.8 Å². The van der Waals surface area contributed by atoms with Crippen LogP contribution >= 0.6 is 0 Å². The van der Waals surface area contributed by atoms with E-state index in [-0.39, 0.29) is 11.3 Å². The van der Waals surface area contributed by atoms with Gasteiger partial charge in [-0.1, -0.05) is 12.1 Å². The molecule has 2 aromatic rings. The van der Waals surface area contributed by atoms with Crippen LogP contribution in [-0.2, 0) is 0 Å². The maximum Gasteiger partial charge on any atom is 0.336 e. The van der Waals surface area contributed by atoms with E-state index < -0.39 is 5.97 Å². The van der Waals surface area contributed by atoms with Crippen molar-refractivity contribution < 1.29 is 19.7 Å². The van der Waals surface area contributed by atoms with Crippen LogP contribution in [0.5, 0.6) is 11.5 Å². The van der Waals surface area contributed by atoms with Crippen molar-refractivity contribution in [2.24, 2.45) is 0 Å². The van der Waals surface area contributed by atoms with Crippen molar-refractivity contribution >= 4 is 5.97 Å². The summed E-state index contributed by atoms with van der Waals surface area (Å²) >= 11 is 0. The van der Waals surface area contributed by atoms with Gasteiger partial charge in [-0.3, -0.25) is 0 Å². The molecule has 0 bridgehead atoms. The Kier molecular flexibility index (Phi) is 3.94. The molecule has 104 valence electrons. The normalized spacial score (nSPS) is 10.3. The van der Waals surface area contributed by atoms with E-state index >= 15 is 0 Å². The van der Waals surface area contributed by atoms with E-state index in [1.54, 1.807) is 25.1 Å². The number of aryl methyl sites for hydroxylation is 1. The second kappa shape index (κ2) is 5.65. The van der Waals surface area contributed by atoms with Crippen LogP contribution in [0.25, 0.3) is 11.1 Å². The average molecular weight is 272 g/mol. The number of carbonyl (C=O) groups is 1. The molecule has 0 aliphatic carbocycles. The van der Waals surface area contributed by atoms with E-state index in [1.807, 2.05) is 19.1 Å². The highest BCUT2D eigenvalue weighted by Crippen LogP contribution is 2.32. The summed E-state index contributed by atoms with van der Waals surface area (Å²) in [7, 11) is 0. The van der Waals surface area contributed by atoms with Gasteiger partial charge in [0.1, 0.15) is 11.5 Å². The average Bonchev–Trinajstić information content (AvgIpc) is 2.39. The minimum atomic E-state index is -1.06. The molecule has 0 aliphatic heterocycles. The Bertz CT molecular complexity index is 630. The molecule has 0 saturated carbocycles. The van der Waals surface area contributed by atoms with Gasteiger partial charge in [0.05, 0.1) is 12.2 Å². The number of aromatic hydroxyl groups is 1. The number of phenolic OH excluding ortho intramolecular Hbond substituents is 1. The van der Waals surface area contributed by atoms with Gasteiger partial charge >= 0.3 is 5.97 Å². The number of aromatic carboxylic acids is 1. The molecule has 2 N–H and O–H groups in total. The molecule has 0 spiro atoms. The molecule has 20 heavy (non-hydrogen) atoms. The third-order valence-corrected chi connectivity index (χ3v) is 3.00. The van der Waals surface area contributed by atoms with Crippen LogP contribution < -0.4 is 4.74 Å². The minimum Gasteiger partial charge on any atom is -0.508 e. The zero-order chi connectivity index (χ0) is 14.7. The van der Waals surface area contributed by atoms with Crippen molar-refractivity contribution in [3.8, 4) is 22.6 Å². The third kappa shape index (κ3) is 2.74. The van der Waals surface area contributed by atoms with E-state index in [4.69, 9.17) is 4.74 Å². The minimum absolute atomic E-state index is 0.0467. The number of carboxylic acid groups (broad SMARTS) is 1. The number of hydrogen-bond acceptors (Lipinski definition) is 3. The first-order chi connectivity index (χ1) is 9.52. The van der Waals surface area contributed by atoms with Crippen molar-refractivity contribution in [1.29, 1.82) is 0 Å². The molecule has 0 atom stereocenters. The summed E-state index contributed by atoms with van der Waals surface area (Å²) in [6.07, 6.45) is 0. The van der Waals surface area contributed by atoms with Crippen molar-refractivity contribution in [3.05, 3.63) is 47.5 Å². The molecule has 0 aliphatic rings. The van der Waals surface area contributed by atoms with Gasteiger partial charge in [-0.05, 0) is 54.8 Å². The Labute approximate surface area is 117 Å². The highest BCUT2D eigenvalue weighted by atomic mass is 16.5. The van der Waals surface area contributed by atoms with Gasteiger partial charge in [0.25, 0.3) is 0 Å². The Hall–Kier alpha value is -2.49. The Balaban J connectivity index is 2.54. The maximum atomic E-state index is 11.3. The van der Waals surface area contributed by atoms with Gasteiger partial charge in [-0.15, -0.1) is 0 Å². The third-order valence-electron chi connectivity index (χ3n) is 3.00. The van der Waals surface area contributed by atoms with Gasteiger partial charge < -0.3 is 14.9 Å². The molecule has 0 aromatic heterocycles. The van der Waals surface area contributed by atoms with Gasteiger partial charge in [0.2, 0.25) is 0 Å². The van der Waals surface area contributed by atoms with Crippen molar-refractivity contribution in [2.45, 2.75) is 13.8 Å². The molecular formula is C16H16O4. The van der Waals surface area contributed by atoms with Gasteiger partial charge in [-0.2, -0.15) is 0 Å². The molecule has 2 rings (SSSR count). The lowest BCUT2D eigenvalue weighted by Crippen LogP contribution is -2.01. The fourth-order valence-corrected chi connectivity index (χ4v) is 2.20. The molecule has 0 unspecified atom stereocenters. The Morgan fingerprint density at radius 3 is 2.40 bits per heavy atom. The van der Waals surface area contributed by atoms with Crippen LogP contribution in [0.15, 0.2) is 36.4 Å². The van der Waals surface area contributed by atoms with E-state index in [0.717, 1.165) is 11.3 Å². The van der Waals surface area contributed by atoms with Crippen LogP contribution in [0.3, 0.4) is 0 Å². The maximum absolute atomic E-state index is 11.3. The molecule has 0 fully saturated rings. The van der Waals surface area contributed by atoms with Crippen LogP contribution in [0, 0.1) is 6.92 Å². The highest BCUT2D eigenvalue weighted by Gasteiger charge is 2.15. The largest absolute Gasteiger partial charge is 0.508 e. The monoisotopic (exact) mass is 272 g/mol. The Morgan fingerprint density at radius 1 is 1.20 bits per heavy atom. The first-order valence-corrected chi connectivity index (χ1v) is 6.33. The van der Waals surface area contributed by atoms with Crippen molar-refractivity contribution in [3.63, 3.8) is 0 Å². The van der Waals surface area contributed by atoms with Crippen molar-refractivity contribution in [1.82, 2.24) is 0 Å². The summed E-state index contributed by atoms with van der Waals surface area (Å²) in [6, 6.07) is 10.1. The first-order valence-electron chi connectivity index (χ1n) is 6.33. The molecule has 4 heteroatoms. The number of benzene rings is 2. The van der Waals surface area contributed by atoms with E-state index in [2.05, 4.69) is 0 Å². The quantitative estimate of drug-likeness (QED) is 0.894. The van der Waals surface area contributed by atoms with Crippen LogP contribution in [0.4, 0.5) is 0 Å². The topological polar surface area (TPSA) is 66.8 Å². The standard InChI is InChI=1S/C16H16O4/c1-3-20-13-6-4-11(5-7-13)15-10(2)8-12(17)9-14(15)16(18)19/h4-9,17H,3H2,1-2H3,(H,18,19). The van der Waals surface area contributed by atoms with E-state index in [9.17, 15) is 15.0 Å². The van der Waals surface area contributed by atoms with E-state index in [1.165, 1.54) is 6.07 Å². The predicted octanol–water partition coefficient (Wildman–Crippen LogP) is 3.46. The summed E-state index contributed by atoms with van der Waals surface area (Å²) < 4.78 is 5.37. The van der Waals surface area contributed by atoms with E-state index in [0.29, 0.717) is 17.7 Å². The lowest BCUT2D eigenvalue weighted by molar-refractivity contribution is 0.0697. The number of phenols is 1. The molecule has 0 amide bonds. The number of ether oxygens (including phenoxy) is 1. The molecular weight excluding hydrogens is 256 g/mol. The van der Waals surface area contributed by atoms with Gasteiger partial charge in [-0.25, -0.2) is 4.79 Å². The van der Waals surface area contributed by atoms with Gasteiger partial charge in [0, 0.05) is 0 Å². The lowest BCUT2D eigenvalue weighted by atomic mass is 9.94. The fraction of sp³-hybridized carbons (Fsp3) is 0.188. The highest BCUT2D eigenvalue weighted by molar-refractivity contribution is 5.97. The zero-order valence-electron chi connectivity index (χ0n) is 11.4. The number of hydrogen-bond donors (Lipinski definition) is 2. The van der Waals surface area contributed by atoms with Gasteiger partial charge in [0.15, 0.2) is 0 Å². The first kappa shape index (κ1) is 13.9. The number of carboxylic acids is 1. The predicted molar refractivity (Wildman–Crippen MR) is 76.4 cm³/mol. The number of rotatable bonds is 4. The summed E-state index contributed by atoms with van der Waals surface area (Å²) in [5.74, 6) is -0.368. The summed E-state index contributed by atoms with van der Waals surface area (Å²) in [5.41, 5.74) is 2.19. The molecule has 2 aromatic carbocycles. The Morgan fingerprint density at radius 2 is 1.85 bits per heavy atom. The van der Waals surface area contributed by atoms with Crippen LogP contribution in [0.1, 0.15) is 22.8 Å². The SMILES string of the molecule is CCOc1ccc(-c2c(C)cc(O)cc2C(=O)O)cc1. The van der Waals surface area contributed by atoms with Crippen molar-refractivity contribution in [2.75, 3.05) is 6.61 Å². The summed E-state index contributed by atoms with van der Waals surface area (Å²) in [6.45, 7) is 4.26. The summed E-state index contributed by atoms with van der Waals surface area (Å²) in [5, 5.41) is 18.8.